The summed E-state index contributed by atoms with van der Waals surface area (Å²) in [4.78, 5) is 13.0. The molecule has 1 fully saturated rings. The van der Waals surface area contributed by atoms with Gasteiger partial charge < -0.3 is 4.90 Å². The molecular formula is C10H8BrF2NO. The molecule has 15 heavy (non-hydrogen) atoms. The third-order valence-electron chi connectivity index (χ3n) is 2.29. The first-order chi connectivity index (χ1) is 7.08. The number of hydrogen-bond acceptors (Lipinski definition) is 1. The van der Waals surface area contributed by atoms with Gasteiger partial charge in [-0.15, -0.1) is 0 Å². The zero-order chi connectivity index (χ0) is 11.0. The van der Waals surface area contributed by atoms with Gasteiger partial charge in [-0.3, -0.25) is 4.79 Å². The molecule has 1 aromatic rings. The van der Waals surface area contributed by atoms with E-state index < -0.39 is 12.0 Å². The molecule has 0 radical (unpaired) electrons. The van der Waals surface area contributed by atoms with Gasteiger partial charge in [0.2, 0.25) is 0 Å². The second-order valence-corrected chi connectivity index (χ2v) is 4.29. The van der Waals surface area contributed by atoms with E-state index in [1.165, 1.54) is 17.0 Å². The van der Waals surface area contributed by atoms with E-state index >= 15 is 0 Å². The van der Waals surface area contributed by atoms with Gasteiger partial charge in [-0.2, -0.15) is 0 Å². The number of hydrogen-bond donors (Lipinski definition) is 0. The first kappa shape index (κ1) is 10.5. The molecule has 1 aromatic carbocycles. The molecular weight excluding hydrogens is 268 g/mol. The molecule has 2 nitrogen and oxygen atoms in total. The number of nitrogens with zero attached hydrogens (tertiary/aromatic N) is 1. The lowest BCUT2D eigenvalue weighted by Crippen LogP contribution is -2.51. The number of likely N-dealkylation sites (tertiary alicyclic amines) is 1. The topological polar surface area (TPSA) is 20.3 Å². The Bertz CT molecular complexity index is 404. The predicted molar refractivity (Wildman–Crippen MR) is 54.9 cm³/mol. The molecule has 1 aliphatic heterocycles. The number of amides is 1. The van der Waals surface area contributed by atoms with Crippen molar-refractivity contribution in [3.05, 3.63) is 34.1 Å². The second kappa shape index (κ2) is 3.89. The molecule has 1 amide bonds. The Labute approximate surface area is 94.0 Å². The molecule has 0 spiro atoms. The Kier molecular flexibility index (Phi) is 2.73. The highest BCUT2D eigenvalue weighted by molar-refractivity contribution is 9.10. The fraction of sp³-hybridized carbons (Fsp3) is 0.300. The Balaban J connectivity index is 2.16. The molecule has 0 unspecified atom stereocenters. The van der Waals surface area contributed by atoms with Gasteiger partial charge in [-0.05, 0) is 34.1 Å². The molecule has 1 aliphatic rings. The van der Waals surface area contributed by atoms with Gasteiger partial charge in [-0.25, -0.2) is 8.78 Å². The van der Waals surface area contributed by atoms with Crippen molar-refractivity contribution < 1.29 is 13.6 Å². The van der Waals surface area contributed by atoms with Gasteiger partial charge in [-0.1, -0.05) is 0 Å². The highest BCUT2D eigenvalue weighted by Crippen LogP contribution is 2.20. The maximum Gasteiger partial charge on any atom is 0.254 e. The van der Waals surface area contributed by atoms with Crippen molar-refractivity contribution in [3.63, 3.8) is 0 Å². The second-order valence-electron chi connectivity index (χ2n) is 3.44. The van der Waals surface area contributed by atoms with Gasteiger partial charge >= 0.3 is 0 Å². The number of carbonyl (C=O) groups excluding carboxylic acids is 1. The number of alkyl halides is 1. The van der Waals surface area contributed by atoms with Crippen LogP contribution in [0, 0.1) is 5.82 Å². The average Bonchev–Trinajstić information content (AvgIpc) is 2.16. The van der Waals surface area contributed by atoms with Crippen LogP contribution in [-0.2, 0) is 0 Å². The minimum atomic E-state index is -0.936. The third-order valence-corrected chi connectivity index (χ3v) is 2.93. The van der Waals surface area contributed by atoms with Crippen molar-refractivity contribution in [2.45, 2.75) is 6.17 Å². The van der Waals surface area contributed by atoms with E-state index in [0.717, 1.165) is 6.07 Å². The van der Waals surface area contributed by atoms with E-state index in [2.05, 4.69) is 15.9 Å². The quantitative estimate of drug-likeness (QED) is 0.771. The summed E-state index contributed by atoms with van der Waals surface area (Å²) in [5.74, 6) is -0.812. The summed E-state index contributed by atoms with van der Waals surface area (Å²) in [6, 6.07) is 4.13. The minimum Gasteiger partial charge on any atom is -0.333 e. The molecule has 0 saturated carbocycles. The minimum absolute atomic E-state index is 0.108. The monoisotopic (exact) mass is 275 g/mol. The fourth-order valence-corrected chi connectivity index (χ4v) is 1.65. The van der Waals surface area contributed by atoms with Crippen LogP contribution < -0.4 is 0 Å². The summed E-state index contributed by atoms with van der Waals surface area (Å²) >= 11 is 3.00. The molecule has 0 bridgehead atoms. The van der Waals surface area contributed by atoms with Gasteiger partial charge in [0.15, 0.2) is 0 Å². The largest absolute Gasteiger partial charge is 0.333 e. The van der Waals surface area contributed by atoms with Gasteiger partial charge in [0.05, 0.1) is 17.6 Å². The summed E-state index contributed by atoms with van der Waals surface area (Å²) in [7, 11) is 0. The summed E-state index contributed by atoms with van der Waals surface area (Å²) in [5, 5.41) is 0. The normalized spacial score (nSPS) is 16.3. The predicted octanol–water partition coefficient (Wildman–Crippen LogP) is 2.38. The third kappa shape index (κ3) is 2.02. The average molecular weight is 276 g/mol. The summed E-state index contributed by atoms with van der Waals surface area (Å²) in [6.45, 7) is 0.215. The van der Waals surface area contributed by atoms with E-state index in [0.29, 0.717) is 4.47 Å². The van der Waals surface area contributed by atoms with Crippen molar-refractivity contribution in [2.24, 2.45) is 0 Å². The lowest BCUT2D eigenvalue weighted by molar-refractivity contribution is 0.0400. The number of halogens is 3. The Hall–Kier alpha value is -0.970. The van der Waals surface area contributed by atoms with Gasteiger partial charge in [0, 0.05) is 5.56 Å². The lowest BCUT2D eigenvalue weighted by atomic mass is 10.1. The lowest BCUT2D eigenvalue weighted by Gasteiger charge is -2.34. The molecule has 5 heteroatoms. The standard InChI is InChI=1S/C10H8BrF2NO/c11-8-2-1-6(3-9(8)13)10(15)14-4-7(12)5-14/h1-3,7H,4-5H2. The van der Waals surface area contributed by atoms with Crippen molar-refractivity contribution in [1.82, 2.24) is 4.90 Å². The maximum atomic E-state index is 13.1. The molecule has 80 valence electrons. The van der Waals surface area contributed by atoms with Crippen molar-refractivity contribution in [1.29, 1.82) is 0 Å². The zero-order valence-electron chi connectivity index (χ0n) is 7.71. The zero-order valence-corrected chi connectivity index (χ0v) is 9.30. The first-order valence-electron chi connectivity index (χ1n) is 4.46. The SMILES string of the molecule is O=C(c1ccc(Br)c(F)c1)N1CC(F)C1. The van der Waals surface area contributed by atoms with Crippen LogP contribution in [0.3, 0.4) is 0 Å². The number of benzene rings is 1. The van der Waals surface area contributed by atoms with Crippen LogP contribution in [0.1, 0.15) is 10.4 Å². The Morgan fingerprint density at radius 3 is 2.67 bits per heavy atom. The van der Waals surface area contributed by atoms with Crippen LogP contribution in [0.5, 0.6) is 0 Å². The van der Waals surface area contributed by atoms with E-state index in [-0.39, 0.29) is 24.6 Å². The molecule has 0 atom stereocenters. The highest BCUT2D eigenvalue weighted by atomic mass is 79.9. The van der Waals surface area contributed by atoms with Gasteiger partial charge in [0.25, 0.3) is 5.91 Å². The molecule has 1 heterocycles. The van der Waals surface area contributed by atoms with Crippen molar-refractivity contribution in [3.8, 4) is 0 Å². The van der Waals surface area contributed by atoms with E-state index in [4.69, 9.17) is 0 Å². The Morgan fingerprint density at radius 2 is 2.13 bits per heavy atom. The molecule has 0 aromatic heterocycles. The van der Waals surface area contributed by atoms with Crippen molar-refractivity contribution >= 4 is 21.8 Å². The van der Waals surface area contributed by atoms with Crippen molar-refractivity contribution in [2.75, 3.05) is 13.1 Å². The summed E-state index contributed by atoms with van der Waals surface area (Å²) in [5.41, 5.74) is 0.252. The highest BCUT2D eigenvalue weighted by Gasteiger charge is 2.31. The van der Waals surface area contributed by atoms with Crippen LogP contribution >= 0.6 is 15.9 Å². The van der Waals surface area contributed by atoms with Crippen LogP contribution in [0.2, 0.25) is 0 Å². The van der Waals surface area contributed by atoms with E-state index in [1.807, 2.05) is 0 Å². The van der Waals surface area contributed by atoms with Gasteiger partial charge in [0.1, 0.15) is 12.0 Å². The summed E-state index contributed by atoms with van der Waals surface area (Å²) in [6.07, 6.45) is -0.936. The van der Waals surface area contributed by atoms with Crippen LogP contribution in [0.25, 0.3) is 0 Å². The van der Waals surface area contributed by atoms with Crippen LogP contribution in [0.4, 0.5) is 8.78 Å². The fourth-order valence-electron chi connectivity index (χ4n) is 1.40. The maximum absolute atomic E-state index is 13.1. The first-order valence-corrected chi connectivity index (χ1v) is 5.25. The van der Waals surface area contributed by atoms with Crippen LogP contribution in [-0.4, -0.2) is 30.1 Å². The van der Waals surface area contributed by atoms with E-state index in [1.54, 1.807) is 0 Å². The molecule has 0 aliphatic carbocycles. The molecule has 2 rings (SSSR count). The summed E-state index contributed by atoms with van der Waals surface area (Å²) < 4.78 is 25.9. The van der Waals surface area contributed by atoms with E-state index in [9.17, 15) is 13.6 Å². The molecule has 0 N–H and O–H groups in total. The van der Waals surface area contributed by atoms with Crippen LogP contribution in [0.15, 0.2) is 22.7 Å². The smallest absolute Gasteiger partial charge is 0.254 e. The Morgan fingerprint density at radius 1 is 1.47 bits per heavy atom. The molecule has 1 saturated heterocycles. The number of carbonyl (C=O) groups is 1. The number of rotatable bonds is 1.